The van der Waals surface area contributed by atoms with E-state index in [9.17, 15) is 4.39 Å². The van der Waals surface area contributed by atoms with Gasteiger partial charge in [-0.1, -0.05) is 17.3 Å². The van der Waals surface area contributed by atoms with E-state index in [1.165, 1.54) is 12.3 Å². The van der Waals surface area contributed by atoms with Gasteiger partial charge in [0, 0.05) is 24.7 Å². The van der Waals surface area contributed by atoms with Gasteiger partial charge >= 0.3 is 0 Å². The molecule has 0 saturated carbocycles. The molecule has 0 bridgehead atoms. The van der Waals surface area contributed by atoms with Crippen molar-refractivity contribution in [2.75, 3.05) is 7.05 Å². The molecule has 3 rings (SSSR count). The van der Waals surface area contributed by atoms with Crippen LogP contribution in [0.2, 0.25) is 0 Å². The van der Waals surface area contributed by atoms with Gasteiger partial charge in [-0.05, 0) is 30.8 Å². The van der Waals surface area contributed by atoms with Crippen LogP contribution in [0.3, 0.4) is 0 Å². The number of benzene rings is 1. The Kier molecular flexibility index (Phi) is 3.43. The molecule has 102 valence electrons. The fourth-order valence-corrected chi connectivity index (χ4v) is 2.22. The second-order valence-electron chi connectivity index (χ2n) is 4.81. The van der Waals surface area contributed by atoms with Gasteiger partial charge in [-0.2, -0.15) is 0 Å². The normalized spacial score (nSPS) is 11.3. The van der Waals surface area contributed by atoms with Gasteiger partial charge in [0.1, 0.15) is 11.5 Å². The Labute approximate surface area is 115 Å². The van der Waals surface area contributed by atoms with Crippen LogP contribution >= 0.6 is 0 Å². The van der Waals surface area contributed by atoms with Crippen LogP contribution in [-0.4, -0.2) is 22.1 Å². The minimum atomic E-state index is -0.317. The first-order valence-electron chi connectivity index (χ1n) is 6.33. The molecule has 0 N–H and O–H groups in total. The summed E-state index contributed by atoms with van der Waals surface area (Å²) in [7, 11) is 1.95. The Hall–Kier alpha value is -2.27. The third kappa shape index (κ3) is 2.67. The smallest absolute Gasteiger partial charge is 0.167 e. The molecule has 3 aromatic rings. The molecule has 0 spiro atoms. The topological polar surface area (TPSA) is 42.2 Å². The highest BCUT2D eigenvalue weighted by molar-refractivity contribution is 5.79. The number of rotatable bonds is 4. The van der Waals surface area contributed by atoms with E-state index in [4.69, 9.17) is 4.52 Å². The molecule has 20 heavy (non-hydrogen) atoms. The van der Waals surface area contributed by atoms with Crippen molar-refractivity contribution in [1.29, 1.82) is 0 Å². The van der Waals surface area contributed by atoms with Crippen molar-refractivity contribution < 1.29 is 8.91 Å². The highest BCUT2D eigenvalue weighted by atomic mass is 19.1. The van der Waals surface area contributed by atoms with E-state index in [0.29, 0.717) is 13.1 Å². The SMILES string of the molecule is CN(Cc1cncc(F)c1)Cc1noc2ccccc12. The molecule has 0 saturated heterocycles. The summed E-state index contributed by atoms with van der Waals surface area (Å²) in [6.07, 6.45) is 2.87. The standard InChI is InChI=1S/C15H14FN3O/c1-19(9-11-6-12(16)8-17-7-11)10-14-13-4-2-3-5-15(13)20-18-14/h2-8H,9-10H2,1H3. The number of pyridine rings is 1. The van der Waals surface area contributed by atoms with Crippen LogP contribution in [0.25, 0.3) is 11.0 Å². The average molecular weight is 271 g/mol. The highest BCUT2D eigenvalue weighted by Crippen LogP contribution is 2.19. The van der Waals surface area contributed by atoms with E-state index in [1.807, 2.05) is 36.2 Å². The second kappa shape index (κ2) is 5.38. The third-order valence-corrected chi connectivity index (χ3v) is 3.09. The number of fused-ring (bicyclic) bond motifs is 1. The lowest BCUT2D eigenvalue weighted by Gasteiger charge is -2.14. The van der Waals surface area contributed by atoms with Gasteiger partial charge in [0.05, 0.1) is 6.20 Å². The van der Waals surface area contributed by atoms with E-state index in [2.05, 4.69) is 10.1 Å². The number of halogens is 1. The number of hydrogen-bond acceptors (Lipinski definition) is 4. The quantitative estimate of drug-likeness (QED) is 0.731. The molecular formula is C15H14FN3O. The van der Waals surface area contributed by atoms with Crippen LogP contribution in [0.1, 0.15) is 11.3 Å². The maximum Gasteiger partial charge on any atom is 0.167 e. The van der Waals surface area contributed by atoms with Crippen LogP contribution < -0.4 is 0 Å². The molecule has 0 aliphatic carbocycles. The van der Waals surface area contributed by atoms with Crippen molar-refractivity contribution >= 4 is 11.0 Å². The van der Waals surface area contributed by atoms with Crippen molar-refractivity contribution in [2.45, 2.75) is 13.1 Å². The van der Waals surface area contributed by atoms with E-state index < -0.39 is 0 Å². The predicted molar refractivity (Wildman–Crippen MR) is 73.4 cm³/mol. The Morgan fingerprint density at radius 1 is 1.20 bits per heavy atom. The highest BCUT2D eigenvalue weighted by Gasteiger charge is 2.10. The zero-order chi connectivity index (χ0) is 13.9. The molecular weight excluding hydrogens is 257 g/mol. The number of nitrogens with zero attached hydrogens (tertiary/aromatic N) is 3. The molecule has 5 heteroatoms. The summed E-state index contributed by atoms with van der Waals surface area (Å²) in [6.45, 7) is 1.24. The van der Waals surface area contributed by atoms with Crippen LogP contribution in [0.5, 0.6) is 0 Å². The first-order valence-corrected chi connectivity index (χ1v) is 6.33. The Balaban J connectivity index is 1.74. The Morgan fingerprint density at radius 3 is 2.90 bits per heavy atom. The van der Waals surface area contributed by atoms with Gasteiger partial charge in [-0.3, -0.25) is 9.88 Å². The summed E-state index contributed by atoms with van der Waals surface area (Å²) in [5, 5.41) is 5.10. The molecule has 0 aliphatic rings. The zero-order valence-electron chi connectivity index (χ0n) is 11.1. The van der Waals surface area contributed by atoms with Crippen LogP contribution in [0.4, 0.5) is 4.39 Å². The van der Waals surface area contributed by atoms with Crippen molar-refractivity contribution in [1.82, 2.24) is 15.0 Å². The Bertz CT molecular complexity index is 726. The second-order valence-corrected chi connectivity index (χ2v) is 4.81. The van der Waals surface area contributed by atoms with Crippen molar-refractivity contribution in [2.24, 2.45) is 0 Å². The lowest BCUT2D eigenvalue weighted by atomic mass is 10.2. The molecule has 0 amide bonds. The molecule has 0 atom stereocenters. The summed E-state index contributed by atoms with van der Waals surface area (Å²) in [5.74, 6) is -0.317. The fourth-order valence-electron chi connectivity index (χ4n) is 2.22. The summed E-state index contributed by atoms with van der Waals surface area (Å²) < 4.78 is 18.4. The van der Waals surface area contributed by atoms with Gasteiger partial charge in [-0.25, -0.2) is 4.39 Å². The van der Waals surface area contributed by atoms with Gasteiger partial charge in [0.15, 0.2) is 5.58 Å². The van der Waals surface area contributed by atoms with Gasteiger partial charge in [0.25, 0.3) is 0 Å². The first kappa shape index (κ1) is 12.7. The van der Waals surface area contributed by atoms with E-state index >= 15 is 0 Å². The first-order chi connectivity index (χ1) is 9.72. The molecule has 4 nitrogen and oxygen atoms in total. The van der Waals surface area contributed by atoms with Gasteiger partial charge < -0.3 is 4.52 Å². The van der Waals surface area contributed by atoms with Crippen molar-refractivity contribution in [3.63, 3.8) is 0 Å². The van der Waals surface area contributed by atoms with E-state index in [1.54, 1.807) is 6.20 Å². The predicted octanol–water partition coefficient (Wildman–Crippen LogP) is 2.99. The summed E-state index contributed by atoms with van der Waals surface area (Å²) >= 11 is 0. The maximum atomic E-state index is 13.1. The summed E-state index contributed by atoms with van der Waals surface area (Å²) in [6, 6.07) is 9.24. The molecule has 2 aromatic heterocycles. The molecule has 2 heterocycles. The maximum absolute atomic E-state index is 13.1. The summed E-state index contributed by atoms with van der Waals surface area (Å²) in [5.41, 5.74) is 2.50. The lowest BCUT2D eigenvalue weighted by molar-refractivity contribution is 0.305. The number of hydrogen-bond donors (Lipinski definition) is 0. The lowest BCUT2D eigenvalue weighted by Crippen LogP contribution is -2.17. The van der Waals surface area contributed by atoms with Crippen molar-refractivity contribution in [3.05, 3.63) is 59.8 Å². The average Bonchev–Trinajstić information content (AvgIpc) is 2.82. The summed E-state index contributed by atoms with van der Waals surface area (Å²) in [4.78, 5) is 5.89. The molecule has 0 fully saturated rings. The minimum Gasteiger partial charge on any atom is -0.356 e. The van der Waals surface area contributed by atoms with Crippen LogP contribution in [0.15, 0.2) is 47.2 Å². The zero-order valence-corrected chi connectivity index (χ0v) is 11.1. The fraction of sp³-hybridized carbons (Fsp3) is 0.200. The van der Waals surface area contributed by atoms with E-state index in [-0.39, 0.29) is 5.82 Å². The van der Waals surface area contributed by atoms with Crippen LogP contribution in [0, 0.1) is 5.82 Å². The van der Waals surface area contributed by atoms with Crippen LogP contribution in [-0.2, 0) is 13.1 Å². The van der Waals surface area contributed by atoms with Gasteiger partial charge in [-0.15, -0.1) is 0 Å². The number of aromatic nitrogens is 2. The molecule has 1 aromatic carbocycles. The largest absolute Gasteiger partial charge is 0.356 e. The van der Waals surface area contributed by atoms with Crippen molar-refractivity contribution in [3.8, 4) is 0 Å². The molecule has 0 radical (unpaired) electrons. The molecule has 0 unspecified atom stereocenters. The monoisotopic (exact) mass is 271 g/mol. The third-order valence-electron chi connectivity index (χ3n) is 3.09. The molecule has 0 aliphatic heterocycles. The minimum absolute atomic E-state index is 0.317. The van der Waals surface area contributed by atoms with E-state index in [0.717, 1.165) is 22.2 Å². The Morgan fingerprint density at radius 2 is 2.05 bits per heavy atom. The number of para-hydroxylation sites is 1. The van der Waals surface area contributed by atoms with Gasteiger partial charge in [0.2, 0.25) is 0 Å².